The zero-order chi connectivity index (χ0) is 18.4. The monoisotopic (exact) mass is 354 g/mol. The van der Waals surface area contributed by atoms with Crippen molar-refractivity contribution in [2.24, 2.45) is 0 Å². The molecule has 2 aromatic carbocycles. The van der Waals surface area contributed by atoms with Crippen molar-refractivity contribution >= 4 is 5.91 Å². The van der Waals surface area contributed by atoms with Crippen LogP contribution in [-0.2, 0) is 11.3 Å². The number of amides is 1. The van der Waals surface area contributed by atoms with Gasteiger partial charge in [0.25, 0.3) is 5.91 Å². The van der Waals surface area contributed by atoms with E-state index in [0.717, 1.165) is 12.3 Å². The minimum Gasteiger partial charge on any atom is -0.492 e. The van der Waals surface area contributed by atoms with E-state index in [0.29, 0.717) is 32.7 Å². The van der Waals surface area contributed by atoms with Crippen LogP contribution in [0.25, 0.3) is 0 Å². The fourth-order valence-corrected chi connectivity index (χ4v) is 3.30. The second kappa shape index (κ2) is 8.34. The molecule has 0 bridgehead atoms. The minimum atomic E-state index is -1.31. The van der Waals surface area contributed by atoms with Gasteiger partial charge >= 0.3 is 0 Å². The van der Waals surface area contributed by atoms with Crippen LogP contribution in [0.1, 0.15) is 12.0 Å². The first kappa shape index (κ1) is 18.4. The Labute approximate surface area is 154 Å². The summed E-state index contributed by atoms with van der Waals surface area (Å²) in [5.74, 6) is 0.548. The lowest BCUT2D eigenvalue weighted by atomic mass is 10.0. The van der Waals surface area contributed by atoms with Gasteiger partial charge in [-0.3, -0.25) is 9.69 Å². The van der Waals surface area contributed by atoms with E-state index in [2.05, 4.69) is 17.0 Å². The molecule has 1 fully saturated rings. The highest BCUT2D eigenvalue weighted by Crippen LogP contribution is 2.25. The number of β-amino-alcohol motifs (C(OH)–C–C–N with tert-alkyl or cyclic N) is 1. The second-order valence-electron chi connectivity index (χ2n) is 6.87. The van der Waals surface area contributed by atoms with Crippen LogP contribution in [0.5, 0.6) is 5.75 Å². The molecule has 0 saturated carbocycles. The van der Waals surface area contributed by atoms with Crippen LogP contribution in [0, 0.1) is 0 Å². The molecule has 1 aliphatic heterocycles. The van der Waals surface area contributed by atoms with E-state index >= 15 is 0 Å². The number of benzene rings is 2. The number of aliphatic hydroxyl groups is 1. The number of para-hydroxylation sites is 1. The number of carbonyl (C=O) groups is 1. The molecule has 26 heavy (non-hydrogen) atoms. The number of hydrogen-bond acceptors (Lipinski definition) is 4. The Morgan fingerprint density at radius 1 is 1.15 bits per heavy atom. The average molecular weight is 354 g/mol. The Bertz CT molecular complexity index is 708. The lowest BCUT2D eigenvalue weighted by molar-refractivity contribution is -0.149. The molecule has 0 unspecified atom stereocenters. The molecule has 1 atom stereocenters. The van der Waals surface area contributed by atoms with Gasteiger partial charge in [0.15, 0.2) is 5.60 Å². The normalized spacial score (nSPS) is 20.1. The number of likely N-dealkylation sites (tertiary alicyclic amines) is 1. The van der Waals surface area contributed by atoms with Crippen molar-refractivity contribution in [1.82, 2.24) is 9.80 Å². The molecule has 0 aromatic heterocycles. The third-order valence-corrected chi connectivity index (χ3v) is 4.76. The molecular formula is C21H26N2O3. The van der Waals surface area contributed by atoms with Gasteiger partial charge in [0.05, 0.1) is 6.54 Å². The van der Waals surface area contributed by atoms with Crippen LogP contribution in [0.3, 0.4) is 0 Å². The standard InChI is InChI=1S/C21H26N2O3/c1-22(14-15-26-19-10-6-3-7-11-19)20(24)21(25)12-13-23(17-21)16-18-8-4-2-5-9-18/h2-11,25H,12-17H2,1H3/t21-/m1/s1. The molecular weight excluding hydrogens is 328 g/mol. The summed E-state index contributed by atoms with van der Waals surface area (Å²) in [4.78, 5) is 16.4. The van der Waals surface area contributed by atoms with Gasteiger partial charge in [-0.25, -0.2) is 0 Å². The zero-order valence-corrected chi connectivity index (χ0v) is 15.2. The summed E-state index contributed by atoms with van der Waals surface area (Å²) in [5, 5.41) is 10.8. The van der Waals surface area contributed by atoms with Gasteiger partial charge < -0.3 is 14.7 Å². The van der Waals surface area contributed by atoms with E-state index in [-0.39, 0.29) is 5.91 Å². The summed E-state index contributed by atoms with van der Waals surface area (Å²) in [5.41, 5.74) is -0.121. The number of rotatable bonds is 7. The molecule has 0 spiro atoms. The number of carbonyl (C=O) groups excluding carboxylic acids is 1. The predicted octanol–water partition coefficient (Wildman–Crippen LogP) is 2.16. The van der Waals surface area contributed by atoms with E-state index in [1.165, 1.54) is 5.56 Å². The molecule has 1 heterocycles. The topological polar surface area (TPSA) is 53.0 Å². The van der Waals surface area contributed by atoms with Gasteiger partial charge in [0, 0.05) is 26.7 Å². The summed E-state index contributed by atoms with van der Waals surface area (Å²) in [6, 6.07) is 19.6. The predicted molar refractivity (Wildman–Crippen MR) is 101 cm³/mol. The smallest absolute Gasteiger partial charge is 0.255 e. The van der Waals surface area contributed by atoms with E-state index < -0.39 is 5.60 Å². The highest BCUT2D eigenvalue weighted by atomic mass is 16.5. The minimum absolute atomic E-state index is 0.232. The summed E-state index contributed by atoms with van der Waals surface area (Å²) in [6.07, 6.45) is 0.461. The Morgan fingerprint density at radius 3 is 2.50 bits per heavy atom. The fourth-order valence-electron chi connectivity index (χ4n) is 3.30. The molecule has 5 nitrogen and oxygen atoms in total. The first-order valence-electron chi connectivity index (χ1n) is 8.99. The molecule has 0 aliphatic carbocycles. The molecule has 138 valence electrons. The number of hydrogen-bond donors (Lipinski definition) is 1. The third-order valence-electron chi connectivity index (χ3n) is 4.76. The van der Waals surface area contributed by atoms with Gasteiger partial charge in [0.2, 0.25) is 0 Å². The highest BCUT2D eigenvalue weighted by molar-refractivity contribution is 5.85. The Morgan fingerprint density at radius 2 is 1.81 bits per heavy atom. The molecule has 1 saturated heterocycles. The van der Waals surface area contributed by atoms with Crippen LogP contribution >= 0.6 is 0 Å². The van der Waals surface area contributed by atoms with E-state index in [9.17, 15) is 9.90 Å². The van der Waals surface area contributed by atoms with Crippen LogP contribution in [0.15, 0.2) is 60.7 Å². The highest BCUT2D eigenvalue weighted by Gasteiger charge is 2.44. The maximum absolute atomic E-state index is 12.7. The summed E-state index contributed by atoms with van der Waals surface area (Å²) in [6.45, 7) is 2.66. The van der Waals surface area contributed by atoms with Crippen LogP contribution < -0.4 is 4.74 Å². The maximum Gasteiger partial charge on any atom is 0.255 e. The molecule has 0 radical (unpaired) electrons. The van der Waals surface area contributed by atoms with E-state index in [4.69, 9.17) is 4.74 Å². The lowest BCUT2D eigenvalue weighted by Gasteiger charge is -2.28. The van der Waals surface area contributed by atoms with Crippen molar-refractivity contribution in [2.45, 2.75) is 18.6 Å². The molecule has 1 N–H and O–H groups in total. The van der Waals surface area contributed by atoms with Crippen molar-refractivity contribution in [3.8, 4) is 5.75 Å². The average Bonchev–Trinajstić information content (AvgIpc) is 3.04. The third kappa shape index (κ3) is 4.62. The number of likely N-dealkylation sites (N-methyl/N-ethyl adjacent to an activating group) is 1. The largest absolute Gasteiger partial charge is 0.492 e. The lowest BCUT2D eigenvalue weighted by Crippen LogP contribution is -2.50. The van der Waals surface area contributed by atoms with Gasteiger partial charge in [-0.2, -0.15) is 0 Å². The van der Waals surface area contributed by atoms with E-state index in [1.54, 1.807) is 11.9 Å². The number of nitrogens with zero attached hydrogens (tertiary/aromatic N) is 2. The van der Waals surface area contributed by atoms with Crippen molar-refractivity contribution < 1.29 is 14.6 Å². The summed E-state index contributed by atoms with van der Waals surface area (Å²) >= 11 is 0. The zero-order valence-electron chi connectivity index (χ0n) is 15.2. The van der Waals surface area contributed by atoms with Gasteiger partial charge in [-0.15, -0.1) is 0 Å². The first-order valence-corrected chi connectivity index (χ1v) is 8.99. The van der Waals surface area contributed by atoms with Crippen LogP contribution in [0.2, 0.25) is 0 Å². The summed E-state index contributed by atoms with van der Waals surface area (Å²) in [7, 11) is 1.72. The Kier molecular flexibility index (Phi) is 5.91. The van der Waals surface area contributed by atoms with Crippen molar-refractivity contribution in [2.75, 3.05) is 33.3 Å². The molecule has 3 rings (SSSR count). The Balaban J connectivity index is 1.48. The van der Waals surface area contributed by atoms with Crippen molar-refractivity contribution in [3.63, 3.8) is 0 Å². The van der Waals surface area contributed by atoms with Gasteiger partial charge in [0.1, 0.15) is 12.4 Å². The van der Waals surface area contributed by atoms with Crippen molar-refractivity contribution in [3.05, 3.63) is 66.2 Å². The molecule has 1 amide bonds. The first-order chi connectivity index (χ1) is 12.6. The molecule has 1 aliphatic rings. The van der Waals surface area contributed by atoms with Crippen molar-refractivity contribution in [1.29, 1.82) is 0 Å². The number of ether oxygens (including phenoxy) is 1. The second-order valence-corrected chi connectivity index (χ2v) is 6.87. The van der Waals surface area contributed by atoms with Crippen LogP contribution in [0.4, 0.5) is 0 Å². The van der Waals surface area contributed by atoms with Gasteiger partial charge in [-0.05, 0) is 24.1 Å². The fraction of sp³-hybridized carbons (Fsp3) is 0.381. The quantitative estimate of drug-likeness (QED) is 0.828. The Hall–Kier alpha value is -2.37. The SMILES string of the molecule is CN(CCOc1ccccc1)C(=O)[C@@]1(O)CCN(Cc2ccccc2)C1. The maximum atomic E-state index is 12.7. The van der Waals surface area contributed by atoms with Crippen LogP contribution in [-0.4, -0.2) is 59.7 Å². The summed E-state index contributed by atoms with van der Waals surface area (Å²) < 4.78 is 5.64. The van der Waals surface area contributed by atoms with Gasteiger partial charge in [-0.1, -0.05) is 48.5 Å². The molecule has 2 aromatic rings. The molecule has 5 heteroatoms. The van der Waals surface area contributed by atoms with E-state index in [1.807, 2.05) is 48.5 Å².